The van der Waals surface area contributed by atoms with Crippen LogP contribution in [-0.2, 0) is 9.53 Å². The van der Waals surface area contributed by atoms with E-state index in [1.165, 1.54) is 6.92 Å². The molecule has 1 aromatic heterocycles. The Morgan fingerprint density at radius 3 is 2.88 bits per heavy atom. The Bertz CT molecular complexity index is 729. The number of ether oxygens (including phenoxy) is 1. The molecular weight excluding hydrogens is 306 g/mol. The zero-order chi connectivity index (χ0) is 16.9. The maximum atomic E-state index is 11.2. The fraction of sp³-hybridized carbons (Fsp3) is 0.353. The number of nitrogen functional groups attached to an aromatic ring is 1. The number of rotatable bonds is 4. The molecule has 0 bridgehead atoms. The quantitative estimate of drug-likeness (QED) is 0.796. The van der Waals surface area contributed by atoms with Gasteiger partial charge in [0, 0.05) is 37.4 Å². The van der Waals surface area contributed by atoms with Gasteiger partial charge in [0.1, 0.15) is 0 Å². The van der Waals surface area contributed by atoms with Crippen molar-refractivity contribution in [1.82, 2.24) is 9.97 Å². The summed E-state index contributed by atoms with van der Waals surface area (Å²) in [6.45, 7) is 2.96. The Kier molecular flexibility index (Phi) is 4.90. The van der Waals surface area contributed by atoms with Crippen LogP contribution >= 0.6 is 0 Å². The van der Waals surface area contributed by atoms with Crippen molar-refractivity contribution in [2.24, 2.45) is 0 Å². The summed E-state index contributed by atoms with van der Waals surface area (Å²) in [6, 6.07) is 7.77. The lowest BCUT2D eigenvalue weighted by Gasteiger charge is -2.24. The van der Waals surface area contributed by atoms with Gasteiger partial charge in [-0.1, -0.05) is 12.1 Å². The number of hydrogen-bond acceptors (Lipinski definition) is 6. The van der Waals surface area contributed by atoms with E-state index in [9.17, 15) is 4.79 Å². The first-order chi connectivity index (χ1) is 11.6. The SMILES string of the molecule is CC(=O)Nc1cccc(-c2cnc(N)c(NC3CCOCC3)n2)c1. The number of benzene rings is 1. The number of aromatic nitrogens is 2. The van der Waals surface area contributed by atoms with E-state index in [0.29, 0.717) is 17.3 Å². The largest absolute Gasteiger partial charge is 0.381 e. The number of anilines is 3. The summed E-state index contributed by atoms with van der Waals surface area (Å²) in [5.41, 5.74) is 8.24. The number of carbonyl (C=O) groups is 1. The van der Waals surface area contributed by atoms with E-state index < -0.39 is 0 Å². The van der Waals surface area contributed by atoms with E-state index in [-0.39, 0.29) is 11.9 Å². The van der Waals surface area contributed by atoms with Crippen LogP contribution < -0.4 is 16.4 Å². The van der Waals surface area contributed by atoms with Gasteiger partial charge in [-0.15, -0.1) is 0 Å². The van der Waals surface area contributed by atoms with Gasteiger partial charge in [0.25, 0.3) is 0 Å². The zero-order valence-electron chi connectivity index (χ0n) is 13.6. The lowest BCUT2D eigenvalue weighted by Crippen LogP contribution is -2.28. The highest BCUT2D eigenvalue weighted by molar-refractivity contribution is 5.89. The highest BCUT2D eigenvalue weighted by Gasteiger charge is 2.16. The standard InChI is InChI=1S/C17H21N5O2/c1-11(23)20-14-4-2-3-12(9-14)15-10-19-16(18)17(22-15)21-13-5-7-24-8-6-13/h2-4,9-10,13H,5-8H2,1H3,(H2,18,19)(H,20,23)(H,21,22). The summed E-state index contributed by atoms with van der Waals surface area (Å²) >= 11 is 0. The van der Waals surface area contributed by atoms with E-state index in [4.69, 9.17) is 10.5 Å². The molecular formula is C17H21N5O2. The van der Waals surface area contributed by atoms with Crippen molar-refractivity contribution in [2.45, 2.75) is 25.8 Å². The number of nitrogens with two attached hydrogens (primary N) is 1. The minimum absolute atomic E-state index is 0.114. The number of amides is 1. The maximum Gasteiger partial charge on any atom is 0.221 e. The van der Waals surface area contributed by atoms with Gasteiger partial charge in [0.15, 0.2) is 11.6 Å². The maximum absolute atomic E-state index is 11.2. The first-order valence-corrected chi connectivity index (χ1v) is 7.96. The number of nitrogens with one attached hydrogen (secondary N) is 2. The zero-order valence-corrected chi connectivity index (χ0v) is 13.6. The van der Waals surface area contributed by atoms with Crippen molar-refractivity contribution in [3.05, 3.63) is 30.5 Å². The van der Waals surface area contributed by atoms with Gasteiger partial charge >= 0.3 is 0 Å². The van der Waals surface area contributed by atoms with Crippen LogP contribution in [0.25, 0.3) is 11.3 Å². The normalized spacial score (nSPS) is 15.0. The molecule has 24 heavy (non-hydrogen) atoms. The molecule has 0 spiro atoms. The third kappa shape index (κ3) is 3.99. The van der Waals surface area contributed by atoms with Crippen LogP contribution in [0.1, 0.15) is 19.8 Å². The van der Waals surface area contributed by atoms with Crippen LogP contribution in [-0.4, -0.2) is 35.1 Å². The minimum Gasteiger partial charge on any atom is -0.381 e. The van der Waals surface area contributed by atoms with Gasteiger partial charge in [0.2, 0.25) is 5.91 Å². The molecule has 126 valence electrons. The van der Waals surface area contributed by atoms with E-state index >= 15 is 0 Å². The van der Waals surface area contributed by atoms with Crippen molar-refractivity contribution in [1.29, 1.82) is 0 Å². The van der Waals surface area contributed by atoms with E-state index in [2.05, 4.69) is 20.6 Å². The molecule has 7 nitrogen and oxygen atoms in total. The van der Waals surface area contributed by atoms with Crippen molar-refractivity contribution in [3.63, 3.8) is 0 Å². The fourth-order valence-electron chi connectivity index (χ4n) is 2.64. The fourth-order valence-corrected chi connectivity index (χ4v) is 2.64. The average Bonchev–Trinajstić information content (AvgIpc) is 2.57. The van der Waals surface area contributed by atoms with Crippen LogP contribution in [0, 0.1) is 0 Å². The van der Waals surface area contributed by atoms with Gasteiger partial charge in [0.05, 0.1) is 11.9 Å². The first kappa shape index (κ1) is 16.2. The number of carbonyl (C=O) groups excluding carboxylic acids is 1. The molecule has 0 aliphatic carbocycles. The topological polar surface area (TPSA) is 102 Å². The second-order valence-electron chi connectivity index (χ2n) is 5.78. The monoisotopic (exact) mass is 327 g/mol. The van der Waals surface area contributed by atoms with Crippen LogP contribution in [0.5, 0.6) is 0 Å². The molecule has 2 heterocycles. The Balaban J connectivity index is 1.83. The summed E-state index contributed by atoms with van der Waals surface area (Å²) in [4.78, 5) is 20.1. The van der Waals surface area contributed by atoms with Crippen molar-refractivity contribution in [2.75, 3.05) is 29.6 Å². The smallest absolute Gasteiger partial charge is 0.221 e. The lowest BCUT2D eigenvalue weighted by molar-refractivity contribution is -0.114. The van der Waals surface area contributed by atoms with Crippen LogP contribution in [0.3, 0.4) is 0 Å². The van der Waals surface area contributed by atoms with E-state index in [1.54, 1.807) is 6.20 Å². The third-order valence-electron chi connectivity index (χ3n) is 3.84. The van der Waals surface area contributed by atoms with Crippen molar-refractivity contribution < 1.29 is 9.53 Å². The molecule has 0 unspecified atom stereocenters. The molecule has 1 aromatic carbocycles. The van der Waals surface area contributed by atoms with Crippen LogP contribution in [0.4, 0.5) is 17.3 Å². The van der Waals surface area contributed by atoms with E-state index in [0.717, 1.165) is 37.3 Å². The highest BCUT2D eigenvalue weighted by Crippen LogP contribution is 2.25. The second kappa shape index (κ2) is 7.27. The molecule has 2 aromatic rings. The molecule has 4 N–H and O–H groups in total. The van der Waals surface area contributed by atoms with Crippen molar-refractivity contribution in [3.8, 4) is 11.3 Å². The molecule has 0 saturated carbocycles. The predicted molar refractivity (Wildman–Crippen MR) is 93.6 cm³/mol. The first-order valence-electron chi connectivity index (χ1n) is 7.96. The van der Waals surface area contributed by atoms with Gasteiger partial charge < -0.3 is 21.1 Å². The summed E-state index contributed by atoms with van der Waals surface area (Å²) in [6.07, 6.45) is 3.48. The molecule has 1 aliphatic heterocycles. The van der Waals surface area contributed by atoms with Crippen LogP contribution in [0.15, 0.2) is 30.5 Å². The molecule has 0 atom stereocenters. The third-order valence-corrected chi connectivity index (χ3v) is 3.84. The van der Waals surface area contributed by atoms with Crippen LogP contribution in [0.2, 0.25) is 0 Å². The molecule has 3 rings (SSSR count). The molecule has 7 heteroatoms. The molecule has 1 fully saturated rings. The predicted octanol–water partition coefficient (Wildman–Crippen LogP) is 2.28. The van der Waals surface area contributed by atoms with Gasteiger partial charge in [-0.2, -0.15) is 0 Å². The molecule has 1 amide bonds. The van der Waals surface area contributed by atoms with Gasteiger partial charge in [-0.3, -0.25) is 4.79 Å². The number of hydrogen-bond donors (Lipinski definition) is 3. The molecule has 0 radical (unpaired) electrons. The second-order valence-corrected chi connectivity index (χ2v) is 5.78. The Morgan fingerprint density at radius 2 is 2.12 bits per heavy atom. The Hall–Kier alpha value is -2.67. The number of nitrogens with zero attached hydrogens (tertiary/aromatic N) is 2. The summed E-state index contributed by atoms with van der Waals surface area (Å²) in [5.74, 6) is 0.852. The Morgan fingerprint density at radius 1 is 1.33 bits per heavy atom. The lowest BCUT2D eigenvalue weighted by atomic mass is 10.1. The summed E-state index contributed by atoms with van der Waals surface area (Å²) in [7, 11) is 0. The van der Waals surface area contributed by atoms with Gasteiger partial charge in [-0.25, -0.2) is 9.97 Å². The molecule has 1 aliphatic rings. The van der Waals surface area contributed by atoms with Crippen molar-refractivity contribution >= 4 is 23.2 Å². The average molecular weight is 327 g/mol. The Labute approximate surface area is 140 Å². The molecule has 1 saturated heterocycles. The minimum atomic E-state index is -0.114. The summed E-state index contributed by atoms with van der Waals surface area (Å²) < 4.78 is 5.36. The highest BCUT2D eigenvalue weighted by atomic mass is 16.5. The van der Waals surface area contributed by atoms with Gasteiger partial charge in [-0.05, 0) is 25.0 Å². The van der Waals surface area contributed by atoms with E-state index in [1.807, 2.05) is 24.3 Å². The summed E-state index contributed by atoms with van der Waals surface area (Å²) in [5, 5.41) is 6.12.